The number of benzene rings is 2. The molecule has 8 rings (SSSR count). The van der Waals surface area contributed by atoms with Crippen molar-refractivity contribution in [2.75, 3.05) is 31.1 Å². The van der Waals surface area contributed by atoms with Crippen LogP contribution in [-0.4, -0.2) is 67.3 Å². The van der Waals surface area contributed by atoms with Crippen molar-refractivity contribution in [3.05, 3.63) is 79.0 Å². The van der Waals surface area contributed by atoms with Crippen LogP contribution in [0.5, 0.6) is 0 Å². The van der Waals surface area contributed by atoms with Gasteiger partial charge < -0.3 is 14.8 Å². The van der Waals surface area contributed by atoms with Gasteiger partial charge in [-0.3, -0.25) is 15.1 Å². The smallest absolute Gasteiger partial charge is 0.159 e. The van der Waals surface area contributed by atoms with E-state index in [0.717, 1.165) is 52.1 Å². The number of nitrogens with one attached hydrogen (secondary N) is 2. The molecule has 6 heterocycles. The van der Waals surface area contributed by atoms with Crippen molar-refractivity contribution in [2.45, 2.75) is 38.1 Å². The van der Waals surface area contributed by atoms with Crippen molar-refractivity contribution in [3.63, 3.8) is 0 Å². The van der Waals surface area contributed by atoms with E-state index in [1.807, 2.05) is 24.4 Å². The highest BCUT2D eigenvalue weighted by Gasteiger charge is 2.26. The predicted octanol–water partition coefficient (Wildman–Crippen LogP) is 6.33. The maximum atomic E-state index is 13.5. The molecule has 0 amide bonds. The molecule has 208 valence electrons. The van der Waals surface area contributed by atoms with Crippen LogP contribution >= 0.6 is 0 Å². The summed E-state index contributed by atoms with van der Waals surface area (Å²) < 4.78 is 13.5. The van der Waals surface area contributed by atoms with E-state index in [4.69, 9.17) is 4.98 Å². The number of rotatable bonds is 3. The summed E-state index contributed by atoms with van der Waals surface area (Å²) in [5.74, 6) is 0.426. The number of hydrogen-bond donors (Lipinski definition) is 2. The zero-order valence-electron chi connectivity index (χ0n) is 22.9. The fraction of sp³-hybridized carbons (Fsp3) is 0.312. The largest absolute Gasteiger partial charge is 0.371 e. The molecule has 2 aliphatic rings. The highest BCUT2D eigenvalue weighted by Crippen LogP contribution is 2.30. The van der Waals surface area contributed by atoms with Crippen LogP contribution < -0.4 is 4.90 Å². The van der Waals surface area contributed by atoms with Gasteiger partial charge in [0.25, 0.3) is 0 Å². The molecule has 2 aromatic carbocycles. The molecule has 2 fully saturated rings. The van der Waals surface area contributed by atoms with Crippen LogP contribution in [0.2, 0.25) is 0 Å². The van der Waals surface area contributed by atoms with Crippen LogP contribution in [0.1, 0.15) is 32.1 Å². The Labute approximate surface area is 237 Å². The van der Waals surface area contributed by atoms with Gasteiger partial charge in [-0.25, -0.2) is 9.37 Å². The number of imidazole rings is 1. The summed E-state index contributed by atoms with van der Waals surface area (Å²) in [6.45, 7) is 4.76. The van der Waals surface area contributed by atoms with Crippen molar-refractivity contribution >= 4 is 38.5 Å². The molecule has 0 atom stereocenters. The number of anilines is 1. The lowest BCUT2D eigenvalue weighted by Gasteiger charge is -2.41. The van der Waals surface area contributed by atoms with Crippen molar-refractivity contribution in [2.24, 2.45) is 0 Å². The molecule has 6 aromatic rings. The minimum atomic E-state index is -0.277. The summed E-state index contributed by atoms with van der Waals surface area (Å²) >= 11 is 0. The molecule has 0 aliphatic carbocycles. The number of aromatic amines is 2. The molecule has 8 nitrogen and oxygen atoms in total. The van der Waals surface area contributed by atoms with Gasteiger partial charge >= 0.3 is 0 Å². The van der Waals surface area contributed by atoms with Crippen LogP contribution in [0.25, 0.3) is 44.4 Å². The van der Waals surface area contributed by atoms with Gasteiger partial charge in [0.05, 0.1) is 22.1 Å². The summed E-state index contributed by atoms with van der Waals surface area (Å²) in [5.41, 5.74) is 5.55. The number of likely N-dealkylation sites (tertiary alicyclic amines) is 1. The summed E-state index contributed by atoms with van der Waals surface area (Å²) in [7, 11) is 0. The molecule has 0 unspecified atom stereocenters. The molecule has 41 heavy (non-hydrogen) atoms. The van der Waals surface area contributed by atoms with Crippen molar-refractivity contribution in [1.82, 2.24) is 35.0 Å². The second-order valence-corrected chi connectivity index (χ2v) is 10.9. The first kappa shape index (κ1) is 25.6. The molecule has 2 N–H and O–H groups in total. The number of halogens is 1. The minimum absolute atomic E-state index is 0.277. The fourth-order valence-electron chi connectivity index (χ4n) is 6.17. The normalized spacial score (nSPS) is 16.8. The van der Waals surface area contributed by atoms with E-state index in [0.29, 0.717) is 11.3 Å². The van der Waals surface area contributed by atoms with Gasteiger partial charge in [0.1, 0.15) is 11.5 Å². The Morgan fingerprint density at radius 3 is 2.56 bits per heavy atom. The SMILES string of the molecule is Fc1ccc2c(-c3nc4ccc(N5CCC(N6CCCCC6)CC5)cc4[nH]3)n[nH]c2c1.c1cnc2ccncc2c1. The molecule has 4 aromatic heterocycles. The Morgan fingerprint density at radius 1 is 0.829 bits per heavy atom. The van der Waals surface area contributed by atoms with Gasteiger partial charge in [-0.2, -0.15) is 5.10 Å². The molecule has 2 aliphatic heterocycles. The number of piperidine rings is 2. The molecular weight excluding hydrogens is 515 g/mol. The van der Waals surface area contributed by atoms with Gasteiger partial charge in [0.2, 0.25) is 0 Å². The topological polar surface area (TPSA) is 89.6 Å². The van der Waals surface area contributed by atoms with Crippen molar-refractivity contribution in [3.8, 4) is 11.5 Å². The first-order valence-corrected chi connectivity index (χ1v) is 14.5. The third-order valence-electron chi connectivity index (χ3n) is 8.35. The lowest BCUT2D eigenvalue weighted by molar-refractivity contribution is 0.141. The lowest BCUT2D eigenvalue weighted by Crippen LogP contribution is -2.46. The van der Waals surface area contributed by atoms with Crippen molar-refractivity contribution < 1.29 is 4.39 Å². The van der Waals surface area contributed by atoms with E-state index in [2.05, 4.69) is 53.1 Å². The maximum absolute atomic E-state index is 13.5. The Kier molecular flexibility index (Phi) is 7.02. The van der Waals surface area contributed by atoms with Crippen LogP contribution in [-0.2, 0) is 0 Å². The third-order valence-corrected chi connectivity index (χ3v) is 8.35. The van der Waals surface area contributed by atoms with E-state index in [9.17, 15) is 4.39 Å². The van der Waals surface area contributed by atoms with Crippen LogP contribution in [0.15, 0.2) is 73.2 Å². The van der Waals surface area contributed by atoms with Crippen LogP contribution in [0.3, 0.4) is 0 Å². The maximum Gasteiger partial charge on any atom is 0.159 e. The number of nitrogens with zero attached hydrogens (tertiary/aromatic N) is 6. The lowest BCUT2D eigenvalue weighted by atomic mass is 9.99. The second kappa shape index (κ2) is 11.2. The number of hydrogen-bond acceptors (Lipinski definition) is 6. The zero-order valence-corrected chi connectivity index (χ0v) is 22.9. The summed E-state index contributed by atoms with van der Waals surface area (Å²) in [5, 5.41) is 9.22. The fourth-order valence-corrected chi connectivity index (χ4v) is 6.17. The highest BCUT2D eigenvalue weighted by atomic mass is 19.1. The third kappa shape index (κ3) is 5.37. The van der Waals surface area contributed by atoms with Gasteiger partial charge in [-0.1, -0.05) is 6.42 Å². The average molecular weight is 549 g/mol. The number of fused-ring (bicyclic) bond motifs is 3. The predicted molar refractivity (Wildman–Crippen MR) is 161 cm³/mol. The van der Waals surface area contributed by atoms with E-state index in [-0.39, 0.29) is 5.82 Å². The molecule has 0 spiro atoms. The summed E-state index contributed by atoms with van der Waals surface area (Å²) in [6, 6.07) is 17.7. The zero-order chi connectivity index (χ0) is 27.6. The van der Waals surface area contributed by atoms with Crippen LogP contribution in [0.4, 0.5) is 10.1 Å². The quantitative estimate of drug-likeness (QED) is 0.269. The molecule has 9 heteroatoms. The van der Waals surface area contributed by atoms with E-state index in [1.165, 1.54) is 63.0 Å². The minimum Gasteiger partial charge on any atom is -0.371 e. The Hall–Kier alpha value is -4.37. The second-order valence-electron chi connectivity index (χ2n) is 10.9. The average Bonchev–Trinajstić information content (AvgIpc) is 3.65. The molecule has 0 radical (unpaired) electrons. The molecule has 0 saturated carbocycles. The molecular formula is C32H33FN8. The van der Waals surface area contributed by atoms with Crippen LogP contribution in [0, 0.1) is 5.82 Å². The number of H-pyrrole nitrogens is 2. The first-order valence-electron chi connectivity index (χ1n) is 14.5. The van der Waals surface area contributed by atoms with Gasteiger partial charge in [-0.05, 0) is 93.4 Å². The first-order chi connectivity index (χ1) is 20.2. The number of pyridine rings is 2. The van der Waals surface area contributed by atoms with Crippen molar-refractivity contribution in [1.29, 1.82) is 0 Å². The standard InChI is InChI=1S/C24H27FN6.C8H6N2/c25-16-4-6-19-21(14-16)28-29-23(19)24-26-20-7-5-18(15-22(20)27-24)31-12-8-17(9-13-31)30-10-2-1-3-11-30;1-2-7-6-9-5-3-8(7)10-4-1/h4-7,14-15,17H,1-3,8-13H2,(H,26,27)(H,28,29);1-6H. The monoisotopic (exact) mass is 548 g/mol. The van der Waals surface area contributed by atoms with Gasteiger partial charge in [0.15, 0.2) is 5.82 Å². The van der Waals surface area contributed by atoms with Gasteiger partial charge in [0, 0.05) is 54.2 Å². The van der Waals surface area contributed by atoms with Gasteiger partial charge in [-0.15, -0.1) is 0 Å². The summed E-state index contributed by atoms with van der Waals surface area (Å²) in [6.07, 6.45) is 11.9. The van der Waals surface area contributed by atoms with E-state index in [1.54, 1.807) is 18.5 Å². The Morgan fingerprint density at radius 2 is 1.71 bits per heavy atom. The molecule has 0 bridgehead atoms. The van der Waals surface area contributed by atoms with E-state index >= 15 is 0 Å². The number of aromatic nitrogens is 6. The highest BCUT2D eigenvalue weighted by molar-refractivity contribution is 5.93. The molecule has 2 saturated heterocycles. The summed E-state index contributed by atoms with van der Waals surface area (Å²) in [4.78, 5) is 21.5. The Bertz CT molecular complexity index is 1710. The van der Waals surface area contributed by atoms with E-state index < -0.39 is 0 Å². The Balaban J connectivity index is 0.000000232.